The van der Waals surface area contributed by atoms with Crippen LogP contribution in [-0.4, -0.2) is 22.5 Å². The molecular weight excluding hydrogens is 395 g/mol. The topological polar surface area (TPSA) is 64.2 Å². The molecule has 0 amide bonds. The first-order chi connectivity index (χ1) is 15.1. The summed E-state index contributed by atoms with van der Waals surface area (Å²) in [5, 5.41) is 0. The van der Waals surface area contributed by atoms with Gasteiger partial charge in [0, 0.05) is 11.1 Å². The summed E-state index contributed by atoms with van der Waals surface area (Å²) in [6.45, 7) is 2.44. The van der Waals surface area contributed by atoms with Gasteiger partial charge in [-0.3, -0.25) is 0 Å². The Morgan fingerprint density at radius 3 is 2.29 bits per heavy atom. The molecule has 5 nitrogen and oxygen atoms in total. The van der Waals surface area contributed by atoms with Crippen LogP contribution >= 0.6 is 0 Å². The highest BCUT2D eigenvalue weighted by Crippen LogP contribution is 2.28. The maximum Gasteiger partial charge on any atom is 0.359 e. The Labute approximate surface area is 179 Å². The fourth-order valence-corrected chi connectivity index (χ4v) is 3.13. The molecule has 1 N–H and O–H groups in total. The minimum atomic E-state index is -0.535. The molecule has 1 aromatic heterocycles. The maximum absolute atomic E-state index is 13.3. The number of H-pyrrole nitrogens is 1. The van der Waals surface area contributed by atoms with Crippen LogP contribution in [0.4, 0.5) is 4.39 Å². The molecule has 31 heavy (non-hydrogen) atoms. The van der Waals surface area contributed by atoms with Crippen molar-refractivity contribution in [3.05, 3.63) is 95.9 Å². The van der Waals surface area contributed by atoms with Crippen LogP contribution < -0.4 is 4.74 Å². The first-order valence-corrected chi connectivity index (χ1v) is 9.94. The van der Waals surface area contributed by atoms with Gasteiger partial charge in [0.05, 0.1) is 12.3 Å². The summed E-state index contributed by atoms with van der Waals surface area (Å²) in [4.78, 5) is 20.1. The third kappa shape index (κ3) is 4.80. The average molecular weight is 416 g/mol. The number of ether oxygens (including phenoxy) is 2. The maximum atomic E-state index is 13.3. The van der Waals surface area contributed by atoms with Crippen LogP contribution in [0.1, 0.15) is 23.0 Å². The Morgan fingerprint density at radius 1 is 0.935 bits per heavy atom. The number of carbonyl (C=O) groups is 1. The average Bonchev–Trinajstić information content (AvgIpc) is 3.25. The van der Waals surface area contributed by atoms with E-state index in [4.69, 9.17) is 9.47 Å². The number of aromatic nitrogens is 2. The van der Waals surface area contributed by atoms with Crippen LogP contribution in [0.3, 0.4) is 0 Å². The number of aromatic amines is 1. The van der Waals surface area contributed by atoms with Crippen LogP contribution in [0.2, 0.25) is 0 Å². The highest BCUT2D eigenvalue weighted by Gasteiger charge is 2.21. The van der Waals surface area contributed by atoms with Crippen LogP contribution in [0.15, 0.2) is 78.9 Å². The van der Waals surface area contributed by atoms with Gasteiger partial charge in [0.25, 0.3) is 0 Å². The zero-order valence-electron chi connectivity index (χ0n) is 17.0. The molecule has 0 bridgehead atoms. The van der Waals surface area contributed by atoms with Gasteiger partial charge in [0.15, 0.2) is 5.69 Å². The lowest BCUT2D eigenvalue weighted by molar-refractivity contribution is 0.0521. The van der Waals surface area contributed by atoms with Gasteiger partial charge in [-0.1, -0.05) is 30.3 Å². The van der Waals surface area contributed by atoms with Crippen molar-refractivity contribution < 1.29 is 18.7 Å². The Hall–Kier alpha value is -3.93. The number of esters is 1. The molecule has 1 heterocycles. The van der Waals surface area contributed by atoms with Gasteiger partial charge in [0.1, 0.15) is 24.0 Å². The van der Waals surface area contributed by atoms with E-state index in [1.165, 1.54) is 12.1 Å². The summed E-state index contributed by atoms with van der Waals surface area (Å²) >= 11 is 0. The normalized spacial score (nSPS) is 10.6. The monoisotopic (exact) mass is 416 g/mol. The third-order valence-corrected chi connectivity index (χ3v) is 4.68. The van der Waals surface area contributed by atoms with E-state index in [1.807, 2.05) is 54.6 Å². The predicted octanol–water partition coefficient (Wildman–Crippen LogP) is 5.64. The highest BCUT2D eigenvalue weighted by atomic mass is 19.1. The SMILES string of the molecule is CCOC(=O)c1nc(-c2ccc(OCc3ccccc3)cc2)[nH]c1-c1ccc(F)cc1. The quantitative estimate of drug-likeness (QED) is 0.396. The Bertz CT molecular complexity index is 1150. The lowest BCUT2D eigenvalue weighted by Crippen LogP contribution is -2.06. The van der Waals surface area contributed by atoms with Gasteiger partial charge < -0.3 is 14.5 Å². The zero-order chi connectivity index (χ0) is 21.6. The summed E-state index contributed by atoms with van der Waals surface area (Å²) in [6.07, 6.45) is 0. The molecule has 6 heteroatoms. The number of halogens is 1. The van der Waals surface area contributed by atoms with Gasteiger partial charge in [-0.15, -0.1) is 0 Å². The number of hydrogen-bond donors (Lipinski definition) is 1. The number of benzene rings is 3. The molecule has 0 aliphatic rings. The summed E-state index contributed by atoms with van der Waals surface area (Å²) in [6, 6.07) is 23.2. The van der Waals surface area contributed by atoms with Crippen molar-refractivity contribution in [1.82, 2.24) is 9.97 Å². The Morgan fingerprint density at radius 2 is 1.61 bits per heavy atom. The fourth-order valence-electron chi connectivity index (χ4n) is 3.13. The number of carbonyl (C=O) groups excluding carboxylic acids is 1. The second-order valence-electron chi connectivity index (χ2n) is 6.84. The van der Waals surface area contributed by atoms with E-state index in [0.717, 1.165) is 16.9 Å². The van der Waals surface area contributed by atoms with E-state index in [0.29, 0.717) is 23.7 Å². The predicted molar refractivity (Wildman–Crippen MR) is 116 cm³/mol. The Balaban J connectivity index is 1.59. The van der Waals surface area contributed by atoms with Crippen LogP contribution in [0, 0.1) is 5.82 Å². The van der Waals surface area contributed by atoms with Crippen LogP contribution in [-0.2, 0) is 11.3 Å². The van der Waals surface area contributed by atoms with E-state index in [-0.39, 0.29) is 18.1 Å². The smallest absolute Gasteiger partial charge is 0.359 e. The van der Waals surface area contributed by atoms with E-state index in [1.54, 1.807) is 19.1 Å². The minimum Gasteiger partial charge on any atom is -0.489 e. The van der Waals surface area contributed by atoms with Crippen molar-refractivity contribution in [2.24, 2.45) is 0 Å². The molecule has 4 aromatic rings. The van der Waals surface area contributed by atoms with E-state index in [9.17, 15) is 9.18 Å². The molecule has 0 saturated carbocycles. The summed E-state index contributed by atoms with van der Waals surface area (Å²) in [7, 11) is 0. The number of nitrogens with zero attached hydrogens (tertiary/aromatic N) is 1. The molecule has 0 fully saturated rings. The fraction of sp³-hybridized carbons (Fsp3) is 0.120. The van der Waals surface area contributed by atoms with E-state index >= 15 is 0 Å². The van der Waals surface area contributed by atoms with Gasteiger partial charge in [0.2, 0.25) is 0 Å². The molecule has 0 unspecified atom stereocenters. The molecule has 0 radical (unpaired) electrons. The number of hydrogen-bond acceptors (Lipinski definition) is 4. The molecular formula is C25H21FN2O3. The molecule has 0 aliphatic carbocycles. The molecule has 4 rings (SSSR count). The summed E-state index contributed by atoms with van der Waals surface area (Å²) in [5.41, 5.74) is 3.16. The van der Waals surface area contributed by atoms with Crippen molar-refractivity contribution in [2.45, 2.75) is 13.5 Å². The molecule has 0 spiro atoms. The molecule has 3 aromatic carbocycles. The second kappa shape index (κ2) is 9.26. The largest absolute Gasteiger partial charge is 0.489 e. The second-order valence-corrected chi connectivity index (χ2v) is 6.84. The van der Waals surface area contributed by atoms with E-state index in [2.05, 4.69) is 9.97 Å². The van der Waals surface area contributed by atoms with Gasteiger partial charge in [-0.25, -0.2) is 14.2 Å². The van der Waals surface area contributed by atoms with Crippen molar-refractivity contribution >= 4 is 5.97 Å². The number of imidazole rings is 1. The van der Waals surface area contributed by atoms with Crippen molar-refractivity contribution in [3.8, 4) is 28.4 Å². The minimum absolute atomic E-state index is 0.160. The van der Waals surface area contributed by atoms with Crippen molar-refractivity contribution in [1.29, 1.82) is 0 Å². The highest BCUT2D eigenvalue weighted by molar-refractivity contribution is 5.95. The van der Waals surface area contributed by atoms with E-state index < -0.39 is 5.97 Å². The van der Waals surface area contributed by atoms with Gasteiger partial charge >= 0.3 is 5.97 Å². The molecule has 0 aliphatic heterocycles. The van der Waals surface area contributed by atoms with Crippen LogP contribution in [0.5, 0.6) is 5.75 Å². The van der Waals surface area contributed by atoms with Gasteiger partial charge in [-0.05, 0) is 61.0 Å². The number of nitrogens with one attached hydrogen (secondary N) is 1. The first kappa shape index (κ1) is 20.3. The molecule has 156 valence electrons. The Kier molecular flexibility index (Phi) is 6.08. The molecule has 0 atom stereocenters. The molecule has 0 saturated heterocycles. The summed E-state index contributed by atoms with van der Waals surface area (Å²) < 4.78 is 24.3. The standard InChI is InChI=1S/C25H21FN2O3/c1-2-30-25(29)23-22(18-8-12-20(26)13-9-18)27-24(28-23)19-10-14-21(15-11-19)31-16-17-6-4-3-5-7-17/h3-15H,2,16H2,1H3,(H,27,28). The summed E-state index contributed by atoms with van der Waals surface area (Å²) in [5.74, 6) is 0.347. The third-order valence-electron chi connectivity index (χ3n) is 4.68. The van der Waals surface area contributed by atoms with Crippen molar-refractivity contribution in [2.75, 3.05) is 6.61 Å². The zero-order valence-corrected chi connectivity index (χ0v) is 17.0. The lowest BCUT2D eigenvalue weighted by Gasteiger charge is -2.06. The number of rotatable bonds is 7. The van der Waals surface area contributed by atoms with Gasteiger partial charge in [-0.2, -0.15) is 0 Å². The first-order valence-electron chi connectivity index (χ1n) is 9.94. The lowest BCUT2D eigenvalue weighted by atomic mass is 10.1. The van der Waals surface area contributed by atoms with Crippen LogP contribution in [0.25, 0.3) is 22.6 Å². The van der Waals surface area contributed by atoms with Crippen molar-refractivity contribution in [3.63, 3.8) is 0 Å².